The molecule has 0 aliphatic rings. The van der Waals surface area contributed by atoms with E-state index in [-0.39, 0.29) is 17.0 Å². The predicted molar refractivity (Wildman–Crippen MR) is 61.6 cm³/mol. The van der Waals surface area contributed by atoms with Crippen LogP contribution in [0.15, 0.2) is 42.5 Å². The van der Waals surface area contributed by atoms with Gasteiger partial charge in [-0.25, -0.2) is 9.78 Å². The quantitative estimate of drug-likeness (QED) is 0.906. The number of aromatic nitrogens is 1. The minimum atomic E-state index is -4.52. The van der Waals surface area contributed by atoms with Gasteiger partial charge in [0.2, 0.25) is 0 Å². The minimum absolute atomic E-state index is 0.0205. The molecule has 0 fully saturated rings. The number of carboxylic acids is 1. The van der Waals surface area contributed by atoms with Gasteiger partial charge in [0.1, 0.15) is 5.69 Å². The fourth-order valence-electron chi connectivity index (χ4n) is 1.66. The van der Waals surface area contributed by atoms with Crippen LogP contribution in [0.4, 0.5) is 13.2 Å². The van der Waals surface area contributed by atoms with Crippen molar-refractivity contribution in [2.75, 3.05) is 0 Å². The van der Waals surface area contributed by atoms with Crippen LogP contribution >= 0.6 is 0 Å². The molecule has 3 nitrogen and oxygen atoms in total. The number of nitrogens with zero attached hydrogens (tertiary/aromatic N) is 1. The summed E-state index contributed by atoms with van der Waals surface area (Å²) in [4.78, 5) is 14.5. The van der Waals surface area contributed by atoms with Crippen LogP contribution < -0.4 is 0 Å². The first-order chi connectivity index (χ1) is 8.89. The van der Waals surface area contributed by atoms with Gasteiger partial charge in [-0.15, -0.1) is 0 Å². The van der Waals surface area contributed by atoms with Crippen LogP contribution in [0.5, 0.6) is 0 Å². The lowest BCUT2D eigenvalue weighted by molar-refractivity contribution is -0.137. The molecule has 0 radical (unpaired) electrons. The van der Waals surface area contributed by atoms with Gasteiger partial charge in [0.25, 0.3) is 0 Å². The van der Waals surface area contributed by atoms with Crippen LogP contribution in [0.3, 0.4) is 0 Å². The number of hydrogen-bond donors (Lipinski definition) is 1. The Balaban J connectivity index is 2.60. The van der Waals surface area contributed by atoms with Crippen LogP contribution in [0.25, 0.3) is 11.3 Å². The molecule has 98 valence electrons. The maximum Gasteiger partial charge on any atom is 0.417 e. The van der Waals surface area contributed by atoms with E-state index < -0.39 is 17.7 Å². The largest absolute Gasteiger partial charge is 0.477 e. The van der Waals surface area contributed by atoms with E-state index in [1.807, 2.05) is 0 Å². The smallest absolute Gasteiger partial charge is 0.417 e. The van der Waals surface area contributed by atoms with E-state index in [9.17, 15) is 18.0 Å². The van der Waals surface area contributed by atoms with E-state index in [0.29, 0.717) is 0 Å². The fourth-order valence-corrected chi connectivity index (χ4v) is 1.66. The zero-order valence-corrected chi connectivity index (χ0v) is 9.48. The van der Waals surface area contributed by atoms with Crippen molar-refractivity contribution in [2.45, 2.75) is 6.18 Å². The molecule has 1 aromatic carbocycles. The van der Waals surface area contributed by atoms with Gasteiger partial charge in [-0.3, -0.25) is 0 Å². The van der Waals surface area contributed by atoms with Gasteiger partial charge in [-0.05, 0) is 18.2 Å². The average Bonchev–Trinajstić information content (AvgIpc) is 2.38. The Morgan fingerprint density at radius 2 is 1.74 bits per heavy atom. The molecule has 0 unspecified atom stereocenters. The third-order valence-corrected chi connectivity index (χ3v) is 2.48. The summed E-state index contributed by atoms with van der Waals surface area (Å²) in [7, 11) is 0. The van der Waals surface area contributed by atoms with Crippen molar-refractivity contribution in [1.82, 2.24) is 4.98 Å². The van der Waals surface area contributed by atoms with Crippen LogP contribution in [-0.4, -0.2) is 16.1 Å². The van der Waals surface area contributed by atoms with Gasteiger partial charge >= 0.3 is 12.1 Å². The van der Waals surface area contributed by atoms with Crippen LogP contribution in [0, 0.1) is 0 Å². The first kappa shape index (κ1) is 13.1. The molecule has 0 aliphatic heterocycles. The van der Waals surface area contributed by atoms with Crippen molar-refractivity contribution in [2.24, 2.45) is 0 Å². The molecule has 19 heavy (non-hydrogen) atoms. The molecule has 1 N–H and O–H groups in total. The second-order valence-corrected chi connectivity index (χ2v) is 3.76. The zero-order valence-electron chi connectivity index (χ0n) is 9.48. The lowest BCUT2D eigenvalue weighted by Crippen LogP contribution is -2.08. The Morgan fingerprint density at radius 3 is 2.37 bits per heavy atom. The normalized spacial score (nSPS) is 11.3. The summed E-state index contributed by atoms with van der Waals surface area (Å²) in [5.41, 5.74) is -1.30. The standard InChI is InChI=1S/C13H8F3NO2/c14-13(15,16)9-5-2-1-4-8(9)10-6-3-7-11(17-10)12(18)19/h1-7H,(H,18,19). The third-order valence-electron chi connectivity index (χ3n) is 2.48. The van der Waals surface area contributed by atoms with Crippen LogP contribution in [0.1, 0.15) is 16.1 Å². The summed E-state index contributed by atoms with van der Waals surface area (Å²) >= 11 is 0. The summed E-state index contributed by atoms with van der Waals surface area (Å²) in [6.07, 6.45) is -4.52. The fraction of sp³-hybridized carbons (Fsp3) is 0.0769. The highest BCUT2D eigenvalue weighted by molar-refractivity contribution is 5.86. The number of pyridine rings is 1. The summed E-state index contributed by atoms with van der Waals surface area (Å²) in [6.45, 7) is 0. The van der Waals surface area contributed by atoms with E-state index in [1.165, 1.54) is 36.4 Å². The van der Waals surface area contributed by atoms with Gasteiger partial charge in [-0.1, -0.05) is 24.3 Å². The van der Waals surface area contributed by atoms with E-state index in [0.717, 1.165) is 6.07 Å². The molecule has 0 saturated carbocycles. The monoisotopic (exact) mass is 267 g/mol. The van der Waals surface area contributed by atoms with Crippen LogP contribution in [0.2, 0.25) is 0 Å². The number of carboxylic acid groups (broad SMARTS) is 1. The lowest BCUT2D eigenvalue weighted by Gasteiger charge is -2.12. The van der Waals surface area contributed by atoms with Gasteiger partial charge in [0.15, 0.2) is 0 Å². The number of aromatic carboxylic acids is 1. The maximum atomic E-state index is 12.8. The number of rotatable bonds is 2. The number of hydrogen-bond acceptors (Lipinski definition) is 2. The maximum absolute atomic E-state index is 12.8. The molecule has 6 heteroatoms. The Labute approximate surface area is 106 Å². The Morgan fingerprint density at radius 1 is 1.05 bits per heavy atom. The zero-order chi connectivity index (χ0) is 14.0. The second kappa shape index (κ2) is 4.72. The van der Waals surface area contributed by atoms with Crippen LogP contribution in [-0.2, 0) is 6.18 Å². The van der Waals surface area contributed by atoms with Crippen molar-refractivity contribution in [3.63, 3.8) is 0 Å². The number of alkyl halides is 3. The first-order valence-electron chi connectivity index (χ1n) is 5.26. The van der Waals surface area contributed by atoms with Crippen molar-refractivity contribution >= 4 is 5.97 Å². The molecule has 1 heterocycles. The lowest BCUT2D eigenvalue weighted by atomic mass is 10.0. The van der Waals surface area contributed by atoms with E-state index in [1.54, 1.807) is 0 Å². The van der Waals surface area contributed by atoms with Crippen molar-refractivity contribution in [3.05, 3.63) is 53.7 Å². The molecular weight excluding hydrogens is 259 g/mol. The minimum Gasteiger partial charge on any atom is -0.477 e. The molecule has 1 aromatic heterocycles. The van der Waals surface area contributed by atoms with Crippen molar-refractivity contribution in [3.8, 4) is 11.3 Å². The topological polar surface area (TPSA) is 50.2 Å². The molecule has 0 bridgehead atoms. The van der Waals surface area contributed by atoms with E-state index in [2.05, 4.69) is 4.98 Å². The van der Waals surface area contributed by atoms with Crippen molar-refractivity contribution in [1.29, 1.82) is 0 Å². The summed E-state index contributed by atoms with van der Waals surface area (Å²) in [6, 6.07) is 8.84. The summed E-state index contributed by atoms with van der Waals surface area (Å²) < 4.78 is 38.5. The molecule has 0 atom stereocenters. The Bertz CT molecular complexity index is 623. The van der Waals surface area contributed by atoms with E-state index in [4.69, 9.17) is 5.11 Å². The molecular formula is C13H8F3NO2. The van der Waals surface area contributed by atoms with Gasteiger partial charge in [0, 0.05) is 5.56 Å². The Kier molecular flexibility index (Phi) is 3.25. The highest BCUT2D eigenvalue weighted by Crippen LogP contribution is 2.36. The third kappa shape index (κ3) is 2.73. The molecule has 0 saturated heterocycles. The first-order valence-corrected chi connectivity index (χ1v) is 5.26. The summed E-state index contributed by atoms with van der Waals surface area (Å²) in [5.74, 6) is -1.29. The molecule has 2 aromatic rings. The highest BCUT2D eigenvalue weighted by Gasteiger charge is 2.33. The number of benzene rings is 1. The van der Waals surface area contributed by atoms with Gasteiger partial charge < -0.3 is 5.11 Å². The highest BCUT2D eigenvalue weighted by atomic mass is 19.4. The molecule has 0 spiro atoms. The number of halogens is 3. The second-order valence-electron chi connectivity index (χ2n) is 3.76. The number of carbonyl (C=O) groups is 1. The molecule has 0 amide bonds. The molecule has 2 rings (SSSR count). The Hall–Kier alpha value is -2.37. The van der Waals surface area contributed by atoms with E-state index >= 15 is 0 Å². The van der Waals surface area contributed by atoms with Crippen molar-refractivity contribution < 1.29 is 23.1 Å². The van der Waals surface area contributed by atoms with Gasteiger partial charge in [-0.2, -0.15) is 13.2 Å². The predicted octanol–water partition coefficient (Wildman–Crippen LogP) is 3.47. The van der Waals surface area contributed by atoms with Gasteiger partial charge in [0.05, 0.1) is 11.3 Å². The SMILES string of the molecule is O=C(O)c1cccc(-c2ccccc2C(F)(F)F)n1. The average molecular weight is 267 g/mol. The molecule has 0 aliphatic carbocycles. The summed E-state index contributed by atoms with van der Waals surface area (Å²) in [5, 5.41) is 8.80.